The Balaban J connectivity index is 2.20. The van der Waals surface area contributed by atoms with Gasteiger partial charge >= 0.3 is 0 Å². The SMILES string of the molecule is CN(C)C(=O)C=CCCCc1ccccc1. The lowest BCUT2D eigenvalue weighted by molar-refractivity contribution is -0.123. The zero-order chi connectivity index (χ0) is 11.8. The molecule has 0 spiro atoms. The Morgan fingerprint density at radius 1 is 1.25 bits per heavy atom. The molecule has 1 aromatic rings. The van der Waals surface area contributed by atoms with Gasteiger partial charge in [-0.3, -0.25) is 4.79 Å². The van der Waals surface area contributed by atoms with Crippen LogP contribution in [-0.4, -0.2) is 24.9 Å². The zero-order valence-electron chi connectivity index (χ0n) is 10.0. The number of carbonyl (C=O) groups excluding carboxylic acids is 1. The van der Waals surface area contributed by atoms with Crippen molar-refractivity contribution in [2.75, 3.05) is 14.1 Å². The van der Waals surface area contributed by atoms with E-state index < -0.39 is 0 Å². The molecule has 0 fully saturated rings. The lowest BCUT2D eigenvalue weighted by Crippen LogP contribution is -2.18. The molecule has 0 heterocycles. The van der Waals surface area contributed by atoms with Crippen molar-refractivity contribution >= 4 is 5.91 Å². The Morgan fingerprint density at radius 3 is 2.56 bits per heavy atom. The topological polar surface area (TPSA) is 20.3 Å². The van der Waals surface area contributed by atoms with Gasteiger partial charge < -0.3 is 4.90 Å². The summed E-state index contributed by atoms with van der Waals surface area (Å²) in [5.74, 6) is 0.0553. The molecular formula is C14H19NO. The highest BCUT2D eigenvalue weighted by atomic mass is 16.2. The Hall–Kier alpha value is -1.57. The third kappa shape index (κ3) is 4.78. The van der Waals surface area contributed by atoms with E-state index in [4.69, 9.17) is 0 Å². The van der Waals surface area contributed by atoms with Crippen molar-refractivity contribution in [3.8, 4) is 0 Å². The first-order chi connectivity index (χ1) is 7.70. The largest absolute Gasteiger partial charge is 0.345 e. The van der Waals surface area contributed by atoms with Gasteiger partial charge in [0.05, 0.1) is 0 Å². The Bertz CT molecular complexity index is 341. The Morgan fingerprint density at radius 2 is 1.94 bits per heavy atom. The summed E-state index contributed by atoms with van der Waals surface area (Å²) >= 11 is 0. The van der Waals surface area contributed by atoms with Crippen molar-refractivity contribution in [2.45, 2.75) is 19.3 Å². The smallest absolute Gasteiger partial charge is 0.245 e. The second kappa shape index (κ2) is 6.83. The third-order valence-electron chi connectivity index (χ3n) is 2.38. The first kappa shape index (κ1) is 12.5. The monoisotopic (exact) mass is 217 g/mol. The van der Waals surface area contributed by atoms with Crippen LogP contribution in [-0.2, 0) is 11.2 Å². The maximum Gasteiger partial charge on any atom is 0.245 e. The maximum atomic E-state index is 11.2. The van der Waals surface area contributed by atoms with E-state index in [-0.39, 0.29) is 5.91 Å². The van der Waals surface area contributed by atoms with Crippen LogP contribution in [0.4, 0.5) is 0 Å². The number of unbranched alkanes of at least 4 members (excludes halogenated alkanes) is 1. The summed E-state index contributed by atoms with van der Waals surface area (Å²) in [4.78, 5) is 12.8. The van der Waals surface area contributed by atoms with Crippen molar-refractivity contribution < 1.29 is 4.79 Å². The summed E-state index contributed by atoms with van der Waals surface area (Å²) in [6.45, 7) is 0. The normalized spacial score (nSPS) is 10.6. The van der Waals surface area contributed by atoms with Crippen molar-refractivity contribution in [1.29, 1.82) is 0 Å². The molecular weight excluding hydrogens is 198 g/mol. The highest BCUT2D eigenvalue weighted by Gasteiger charge is 1.95. The van der Waals surface area contributed by atoms with Gasteiger partial charge in [-0.1, -0.05) is 36.4 Å². The molecule has 0 saturated carbocycles. The first-order valence-corrected chi connectivity index (χ1v) is 5.62. The maximum absolute atomic E-state index is 11.2. The number of rotatable bonds is 5. The number of hydrogen-bond acceptors (Lipinski definition) is 1. The van der Waals surface area contributed by atoms with Crippen molar-refractivity contribution in [1.82, 2.24) is 4.90 Å². The quantitative estimate of drug-likeness (QED) is 0.548. The van der Waals surface area contributed by atoms with E-state index in [2.05, 4.69) is 24.3 Å². The first-order valence-electron chi connectivity index (χ1n) is 5.62. The van der Waals surface area contributed by atoms with Crippen molar-refractivity contribution in [3.05, 3.63) is 48.0 Å². The fourth-order valence-electron chi connectivity index (χ4n) is 1.40. The van der Waals surface area contributed by atoms with E-state index in [1.54, 1.807) is 25.1 Å². The number of hydrogen-bond donors (Lipinski definition) is 0. The van der Waals surface area contributed by atoms with Crippen LogP contribution in [0.15, 0.2) is 42.5 Å². The second-order valence-corrected chi connectivity index (χ2v) is 4.01. The van der Waals surface area contributed by atoms with E-state index in [0.29, 0.717) is 0 Å². The van der Waals surface area contributed by atoms with E-state index in [1.165, 1.54) is 5.56 Å². The predicted molar refractivity (Wildman–Crippen MR) is 67.2 cm³/mol. The average Bonchev–Trinajstić information content (AvgIpc) is 2.29. The van der Waals surface area contributed by atoms with Gasteiger partial charge in [-0.05, 0) is 30.9 Å². The Kier molecular flexibility index (Phi) is 5.34. The summed E-state index contributed by atoms with van der Waals surface area (Å²) in [5.41, 5.74) is 1.36. The van der Waals surface area contributed by atoms with Gasteiger partial charge in [0, 0.05) is 14.1 Å². The summed E-state index contributed by atoms with van der Waals surface area (Å²) in [5, 5.41) is 0. The van der Waals surface area contributed by atoms with Crippen LogP contribution in [0, 0.1) is 0 Å². The lowest BCUT2D eigenvalue weighted by atomic mass is 10.1. The van der Waals surface area contributed by atoms with Gasteiger partial charge in [0.2, 0.25) is 5.91 Å². The summed E-state index contributed by atoms with van der Waals surface area (Å²) in [7, 11) is 3.52. The minimum Gasteiger partial charge on any atom is -0.345 e. The predicted octanol–water partition coefficient (Wildman–Crippen LogP) is 2.65. The molecule has 1 aromatic carbocycles. The molecule has 0 bridgehead atoms. The van der Waals surface area contributed by atoms with E-state index >= 15 is 0 Å². The molecule has 0 radical (unpaired) electrons. The fraction of sp³-hybridized carbons (Fsp3) is 0.357. The Labute approximate surface area is 97.6 Å². The van der Waals surface area contributed by atoms with Crippen molar-refractivity contribution in [2.24, 2.45) is 0 Å². The van der Waals surface area contributed by atoms with Crippen LogP contribution in [0.2, 0.25) is 0 Å². The van der Waals surface area contributed by atoms with Gasteiger partial charge in [0.1, 0.15) is 0 Å². The molecule has 16 heavy (non-hydrogen) atoms. The number of amides is 1. The van der Waals surface area contributed by atoms with Crippen LogP contribution in [0.3, 0.4) is 0 Å². The molecule has 86 valence electrons. The third-order valence-corrected chi connectivity index (χ3v) is 2.38. The highest BCUT2D eigenvalue weighted by Crippen LogP contribution is 2.04. The van der Waals surface area contributed by atoms with E-state index in [1.807, 2.05) is 12.1 Å². The zero-order valence-corrected chi connectivity index (χ0v) is 10.0. The van der Waals surface area contributed by atoms with Crippen LogP contribution >= 0.6 is 0 Å². The van der Waals surface area contributed by atoms with Crippen LogP contribution < -0.4 is 0 Å². The second-order valence-electron chi connectivity index (χ2n) is 4.01. The lowest BCUT2D eigenvalue weighted by Gasteiger charge is -2.05. The van der Waals surface area contributed by atoms with Gasteiger partial charge in [-0.2, -0.15) is 0 Å². The molecule has 1 rings (SSSR count). The van der Waals surface area contributed by atoms with Gasteiger partial charge in [-0.25, -0.2) is 0 Å². The minimum absolute atomic E-state index is 0.0553. The molecule has 2 nitrogen and oxygen atoms in total. The number of aryl methyl sites for hydroxylation is 1. The molecule has 0 aromatic heterocycles. The van der Waals surface area contributed by atoms with Gasteiger partial charge in [0.25, 0.3) is 0 Å². The molecule has 2 heteroatoms. The number of benzene rings is 1. The minimum atomic E-state index is 0.0553. The van der Waals surface area contributed by atoms with Gasteiger partial charge in [0.15, 0.2) is 0 Å². The molecule has 0 atom stereocenters. The number of carbonyl (C=O) groups is 1. The van der Waals surface area contributed by atoms with Crippen LogP contribution in [0.5, 0.6) is 0 Å². The molecule has 0 aliphatic rings. The van der Waals surface area contributed by atoms with E-state index in [9.17, 15) is 4.79 Å². The number of nitrogens with zero attached hydrogens (tertiary/aromatic N) is 1. The van der Waals surface area contributed by atoms with Crippen molar-refractivity contribution in [3.63, 3.8) is 0 Å². The molecule has 0 N–H and O–H groups in total. The van der Waals surface area contributed by atoms with Crippen LogP contribution in [0.1, 0.15) is 18.4 Å². The molecule has 0 unspecified atom stereocenters. The molecule has 0 aliphatic heterocycles. The summed E-state index contributed by atoms with van der Waals surface area (Å²) in [6, 6.07) is 10.4. The summed E-state index contributed by atoms with van der Waals surface area (Å²) in [6.07, 6.45) is 6.70. The standard InChI is InChI=1S/C14H19NO/c1-15(2)14(16)12-8-4-7-11-13-9-5-3-6-10-13/h3,5-6,8-10,12H,4,7,11H2,1-2H3. The number of allylic oxidation sites excluding steroid dienone is 1. The molecule has 1 amide bonds. The van der Waals surface area contributed by atoms with Crippen LogP contribution in [0.25, 0.3) is 0 Å². The molecule has 0 saturated heterocycles. The van der Waals surface area contributed by atoms with E-state index in [0.717, 1.165) is 19.3 Å². The molecule has 0 aliphatic carbocycles. The highest BCUT2D eigenvalue weighted by molar-refractivity contribution is 5.87. The summed E-state index contributed by atoms with van der Waals surface area (Å²) < 4.78 is 0. The van der Waals surface area contributed by atoms with Gasteiger partial charge in [-0.15, -0.1) is 0 Å². The number of likely N-dealkylation sites (N-methyl/N-ethyl adjacent to an activating group) is 1. The average molecular weight is 217 g/mol. The fourth-order valence-corrected chi connectivity index (χ4v) is 1.40.